The lowest BCUT2D eigenvalue weighted by atomic mass is 10.2. The zero-order valence-electron chi connectivity index (χ0n) is 7.89. The molecule has 0 spiro atoms. The Morgan fingerprint density at radius 1 is 1.53 bits per heavy atom. The predicted molar refractivity (Wildman–Crippen MR) is 72.6 cm³/mol. The van der Waals surface area contributed by atoms with Gasteiger partial charge >= 0.3 is 0 Å². The Morgan fingerprint density at radius 3 is 2.73 bits per heavy atom. The number of anilines is 2. The largest absolute Gasteiger partial charge is 0.397 e. The minimum absolute atomic E-state index is 0.0728. The molecule has 2 rings (SSSR count). The van der Waals surface area contributed by atoms with Gasteiger partial charge in [0.25, 0.3) is 0 Å². The molecule has 3 N–H and O–H groups in total. The Balaban J connectivity index is 2.23. The number of carbonyl (C=O) groups is 1. The van der Waals surface area contributed by atoms with Crippen LogP contribution in [0.3, 0.4) is 0 Å². The van der Waals surface area contributed by atoms with E-state index in [-0.39, 0.29) is 11.8 Å². The number of carbonyl (C=O) groups excluding carboxylic acids is 1. The van der Waals surface area contributed by atoms with Gasteiger partial charge in [-0.1, -0.05) is 0 Å². The fraction of sp³-hybridized carbons (Fsp3) is 0.300. The molecule has 0 aromatic heterocycles. The number of rotatable bonds is 2. The molecule has 15 heavy (non-hydrogen) atoms. The molecule has 80 valence electrons. The molecule has 0 saturated heterocycles. The number of halogens is 2. The van der Waals surface area contributed by atoms with Crippen molar-refractivity contribution in [2.45, 2.75) is 12.8 Å². The first-order valence-corrected chi connectivity index (χ1v) is 6.50. The summed E-state index contributed by atoms with van der Waals surface area (Å²) < 4.78 is 1.88. The van der Waals surface area contributed by atoms with Gasteiger partial charge < -0.3 is 11.1 Å². The molecule has 1 saturated carbocycles. The van der Waals surface area contributed by atoms with Crippen LogP contribution in [-0.2, 0) is 4.79 Å². The van der Waals surface area contributed by atoms with Gasteiger partial charge in [0.2, 0.25) is 5.91 Å². The molecule has 0 unspecified atom stereocenters. The van der Waals surface area contributed by atoms with Gasteiger partial charge in [0, 0.05) is 14.0 Å². The second kappa shape index (κ2) is 4.29. The number of amides is 1. The van der Waals surface area contributed by atoms with Crippen LogP contribution in [0.2, 0.25) is 0 Å². The molecule has 1 aliphatic rings. The summed E-state index contributed by atoms with van der Waals surface area (Å²) in [6.45, 7) is 0. The van der Waals surface area contributed by atoms with Crippen LogP contribution in [0.15, 0.2) is 16.6 Å². The fourth-order valence-electron chi connectivity index (χ4n) is 1.30. The number of hydrogen-bond donors (Lipinski definition) is 2. The van der Waals surface area contributed by atoms with Gasteiger partial charge in [-0.05, 0) is 63.5 Å². The van der Waals surface area contributed by atoms with E-state index in [2.05, 4.69) is 43.8 Å². The van der Waals surface area contributed by atoms with E-state index in [1.54, 1.807) is 0 Å². The van der Waals surface area contributed by atoms with Crippen molar-refractivity contribution in [3.8, 4) is 0 Å². The Kier molecular flexibility index (Phi) is 3.20. The first-order chi connectivity index (χ1) is 7.08. The zero-order valence-corrected chi connectivity index (χ0v) is 11.6. The van der Waals surface area contributed by atoms with Crippen molar-refractivity contribution < 1.29 is 4.79 Å². The Labute approximate surface area is 110 Å². The van der Waals surface area contributed by atoms with Gasteiger partial charge in [-0.2, -0.15) is 0 Å². The molecule has 0 heterocycles. The number of nitrogens with two attached hydrogens (primary N) is 1. The van der Waals surface area contributed by atoms with Crippen molar-refractivity contribution in [2.75, 3.05) is 11.1 Å². The number of nitrogen functional groups attached to an aromatic ring is 1. The summed E-state index contributed by atoms with van der Waals surface area (Å²) in [6.07, 6.45) is 1.99. The molecule has 0 atom stereocenters. The molecule has 1 aromatic rings. The van der Waals surface area contributed by atoms with Crippen molar-refractivity contribution in [3.05, 3.63) is 20.2 Å². The quantitative estimate of drug-likeness (QED) is 0.612. The number of nitrogens with one attached hydrogen (secondary N) is 1. The van der Waals surface area contributed by atoms with Crippen molar-refractivity contribution in [2.24, 2.45) is 5.92 Å². The normalized spacial score (nSPS) is 15.1. The average Bonchev–Trinajstić information content (AvgIpc) is 2.93. The van der Waals surface area contributed by atoms with Gasteiger partial charge in [0.15, 0.2) is 0 Å². The highest BCUT2D eigenvalue weighted by atomic mass is 127. The molecule has 1 amide bonds. The van der Waals surface area contributed by atoms with E-state index >= 15 is 0 Å². The topological polar surface area (TPSA) is 55.1 Å². The minimum atomic E-state index is 0.0728. The highest BCUT2D eigenvalue weighted by Crippen LogP contribution is 2.34. The Morgan fingerprint density at radius 2 is 2.20 bits per heavy atom. The van der Waals surface area contributed by atoms with Crippen LogP contribution < -0.4 is 11.1 Å². The molecule has 0 bridgehead atoms. The maximum atomic E-state index is 11.6. The smallest absolute Gasteiger partial charge is 0.227 e. The van der Waals surface area contributed by atoms with Crippen LogP contribution in [0.5, 0.6) is 0 Å². The highest BCUT2D eigenvalue weighted by Gasteiger charge is 2.30. The lowest BCUT2D eigenvalue weighted by Crippen LogP contribution is -2.15. The molecule has 1 aliphatic carbocycles. The van der Waals surface area contributed by atoms with Crippen LogP contribution in [0.4, 0.5) is 11.4 Å². The molecule has 0 aliphatic heterocycles. The maximum absolute atomic E-state index is 11.6. The molecular weight excluding hydrogens is 371 g/mol. The van der Waals surface area contributed by atoms with Gasteiger partial charge in [-0.15, -0.1) is 0 Å². The lowest BCUT2D eigenvalue weighted by Gasteiger charge is -2.10. The molecular formula is C10H10BrIN2O. The molecule has 1 fully saturated rings. The summed E-state index contributed by atoms with van der Waals surface area (Å²) in [4.78, 5) is 11.6. The third-order valence-corrected chi connectivity index (χ3v) is 3.53. The summed E-state index contributed by atoms with van der Waals surface area (Å²) >= 11 is 5.58. The SMILES string of the molecule is Nc1cc(I)cc(Br)c1NC(=O)C1CC1. The van der Waals surface area contributed by atoms with E-state index in [9.17, 15) is 4.79 Å². The molecule has 1 aromatic carbocycles. The Bertz CT molecular complexity index is 395. The predicted octanol–water partition coefficient (Wildman–Crippen LogP) is 2.98. The van der Waals surface area contributed by atoms with Crippen LogP contribution in [-0.4, -0.2) is 5.91 Å². The third kappa shape index (κ3) is 2.63. The summed E-state index contributed by atoms with van der Waals surface area (Å²) in [5, 5.41) is 2.85. The number of hydrogen-bond acceptors (Lipinski definition) is 2. The van der Waals surface area contributed by atoms with Crippen LogP contribution in [0, 0.1) is 9.49 Å². The van der Waals surface area contributed by atoms with Crippen LogP contribution in [0.25, 0.3) is 0 Å². The molecule has 3 nitrogen and oxygen atoms in total. The van der Waals surface area contributed by atoms with Crippen LogP contribution >= 0.6 is 38.5 Å². The second-order valence-corrected chi connectivity index (χ2v) is 5.72. The van der Waals surface area contributed by atoms with Crippen molar-refractivity contribution in [1.82, 2.24) is 0 Å². The third-order valence-electron chi connectivity index (χ3n) is 2.28. The molecule has 0 radical (unpaired) electrons. The average molecular weight is 381 g/mol. The van der Waals surface area contributed by atoms with E-state index in [0.717, 1.165) is 20.9 Å². The molecule has 5 heteroatoms. The lowest BCUT2D eigenvalue weighted by molar-refractivity contribution is -0.117. The van der Waals surface area contributed by atoms with Crippen molar-refractivity contribution >= 4 is 55.8 Å². The summed E-state index contributed by atoms with van der Waals surface area (Å²) in [7, 11) is 0. The first kappa shape index (κ1) is 11.2. The van der Waals surface area contributed by atoms with E-state index in [1.807, 2.05) is 12.1 Å². The van der Waals surface area contributed by atoms with Crippen LogP contribution in [0.1, 0.15) is 12.8 Å². The number of benzene rings is 1. The van der Waals surface area contributed by atoms with Crippen molar-refractivity contribution in [1.29, 1.82) is 0 Å². The van der Waals surface area contributed by atoms with Gasteiger partial charge in [-0.3, -0.25) is 4.79 Å². The summed E-state index contributed by atoms with van der Waals surface area (Å²) in [5.74, 6) is 0.263. The van der Waals surface area contributed by atoms with E-state index in [4.69, 9.17) is 5.73 Å². The zero-order chi connectivity index (χ0) is 11.0. The summed E-state index contributed by atoms with van der Waals surface area (Å²) in [5.41, 5.74) is 7.13. The first-order valence-electron chi connectivity index (χ1n) is 4.63. The van der Waals surface area contributed by atoms with E-state index in [1.165, 1.54) is 0 Å². The van der Waals surface area contributed by atoms with E-state index in [0.29, 0.717) is 11.4 Å². The summed E-state index contributed by atoms with van der Waals surface area (Å²) in [6, 6.07) is 3.77. The van der Waals surface area contributed by atoms with Gasteiger partial charge in [0.05, 0.1) is 11.4 Å². The van der Waals surface area contributed by atoms with Gasteiger partial charge in [-0.25, -0.2) is 0 Å². The monoisotopic (exact) mass is 380 g/mol. The minimum Gasteiger partial charge on any atom is -0.397 e. The second-order valence-electron chi connectivity index (χ2n) is 3.62. The Hall–Kier alpha value is -0.300. The highest BCUT2D eigenvalue weighted by molar-refractivity contribution is 14.1. The standard InChI is InChI=1S/C10H10BrIN2O/c11-7-3-6(12)4-8(13)9(7)14-10(15)5-1-2-5/h3-5H,1-2,13H2,(H,14,15). The van der Waals surface area contributed by atoms with Crippen molar-refractivity contribution in [3.63, 3.8) is 0 Å². The maximum Gasteiger partial charge on any atom is 0.227 e. The van der Waals surface area contributed by atoms with Gasteiger partial charge in [0.1, 0.15) is 0 Å². The van der Waals surface area contributed by atoms with E-state index < -0.39 is 0 Å². The fourth-order valence-corrected chi connectivity index (χ4v) is 2.95.